The van der Waals surface area contributed by atoms with Crippen molar-refractivity contribution in [2.75, 3.05) is 6.61 Å². The van der Waals surface area contributed by atoms with Crippen LogP contribution in [0.1, 0.15) is 12.6 Å². The van der Waals surface area contributed by atoms with Crippen molar-refractivity contribution in [1.82, 2.24) is 9.78 Å². The minimum Gasteiger partial charge on any atom is -0.363 e. The molecule has 1 fully saturated rings. The van der Waals surface area contributed by atoms with Gasteiger partial charge in [0.2, 0.25) is 0 Å². The fourth-order valence-electron chi connectivity index (χ4n) is 1.42. The summed E-state index contributed by atoms with van der Waals surface area (Å²) < 4.78 is 6.64. The van der Waals surface area contributed by atoms with Gasteiger partial charge in [-0.3, -0.25) is 14.8 Å². The lowest BCUT2D eigenvalue weighted by Gasteiger charge is -2.03. The number of aromatic nitrogens is 2. The van der Waals surface area contributed by atoms with Crippen molar-refractivity contribution >= 4 is 5.69 Å². The summed E-state index contributed by atoms with van der Waals surface area (Å²) in [5.74, 6) is 0. The molecule has 1 aromatic rings. The number of aryl methyl sites for hydroxylation is 1. The van der Waals surface area contributed by atoms with Gasteiger partial charge >= 0.3 is 5.69 Å². The minimum absolute atomic E-state index is 0.0301. The van der Waals surface area contributed by atoms with Crippen LogP contribution in [0.3, 0.4) is 0 Å². The van der Waals surface area contributed by atoms with Gasteiger partial charge in [-0.15, -0.1) is 0 Å². The molecule has 0 N–H and O–H groups in total. The summed E-state index contributed by atoms with van der Waals surface area (Å²) in [5.41, 5.74) is 0.0631. The fraction of sp³-hybridized carbons (Fsp3) is 0.571. The van der Waals surface area contributed by atoms with E-state index in [2.05, 4.69) is 5.10 Å². The van der Waals surface area contributed by atoms with E-state index in [0.717, 1.165) is 0 Å². The molecular weight excluding hydrogens is 174 g/mol. The van der Waals surface area contributed by atoms with Crippen LogP contribution < -0.4 is 0 Å². The Balaban J connectivity index is 2.53. The molecule has 0 saturated carbocycles. The fourth-order valence-corrected chi connectivity index (χ4v) is 1.42. The van der Waals surface area contributed by atoms with Crippen LogP contribution in [0.25, 0.3) is 0 Å². The van der Waals surface area contributed by atoms with Gasteiger partial charge in [0.25, 0.3) is 0 Å². The van der Waals surface area contributed by atoms with Gasteiger partial charge in [0.05, 0.1) is 11.5 Å². The van der Waals surface area contributed by atoms with Crippen LogP contribution in [0.2, 0.25) is 0 Å². The molecule has 0 amide bonds. The second-order valence-electron chi connectivity index (χ2n) is 3.28. The summed E-state index contributed by atoms with van der Waals surface area (Å²) in [7, 11) is 1.68. The number of epoxide rings is 1. The molecule has 6 heteroatoms. The molecule has 2 heterocycles. The van der Waals surface area contributed by atoms with E-state index in [0.29, 0.717) is 12.3 Å². The normalized spacial score (nSPS) is 26.0. The average Bonchev–Trinajstić information content (AvgIpc) is 2.62. The Morgan fingerprint density at radius 1 is 1.85 bits per heavy atom. The van der Waals surface area contributed by atoms with E-state index in [1.165, 1.54) is 10.9 Å². The molecule has 0 aliphatic carbocycles. The molecule has 0 radical (unpaired) electrons. The van der Waals surface area contributed by atoms with Crippen molar-refractivity contribution in [1.29, 1.82) is 0 Å². The van der Waals surface area contributed by atoms with E-state index < -0.39 is 10.5 Å². The van der Waals surface area contributed by atoms with Crippen LogP contribution in [0.15, 0.2) is 6.20 Å². The van der Waals surface area contributed by atoms with Crippen molar-refractivity contribution < 1.29 is 9.66 Å². The molecule has 0 bridgehead atoms. The topological polar surface area (TPSA) is 73.5 Å². The van der Waals surface area contributed by atoms with E-state index in [1.807, 2.05) is 6.92 Å². The van der Waals surface area contributed by atoms with Crippen LogP contribution in [-0.4, -0.2) is 21.3 Å². The number of nitro groups is 1. The van der Waals surface area contributed by atoms with Crippen LogP contribution in [0.4, 0.5) is 5.69 Å². The lowest BCUT2D eigenvalue weighted by molar-refractivity contribution is -0.386. The molecule has 1 atom stereocenters. The van der Waals surface area contributed by atoms with Crippen molar-refractivity contribution in [2.24, 2.45) is 7.05 Å². The molecule has 2 rings (SSSR count). The summed E-state index contributed by atoms with van der Waals surface area (Å²) in [4.78, 5) is 10.2. The Labute approximate surface area is 74.3 Å². The van der Waals surface area contributed by atoms with E-state index >= 15 is 0 Å². The third kappa shape index (κ3) is 1.10. The predicted octanol–water partition coefficient (Wildman–Crippen LogP) is 0.574. The lowest BCUT2D eigenvalue weighted by Crippen LogP contribution is -2.11. The largest absolute Gasteiger partial charge is 0.363 e. The highest BCUT2D eigenvalue weighted by molar-refractivity contribution is 5.39. The van der Waals surface area contributed by atoms with E-state index in [4.69, 9.17) is 4.74 Å². The molecule has 70 valence electrons. The zero-order valence-electron chi connectivity index (χ0n) is 7.35. The maximum Gasteiger partial charge on any atom is 0.313 e. The minimum atomic E-state index is -0.506. The SMILES string of the molecule is Cn1ncc([N+](=O)[O-])c1C1(C)CO1. The van der Waals surface area contributed by atoms with Crippen molar-refractivity contribution in [3.8, 4) is 0 Å². The first-order valence-corrected chi connectivity index (χ1v) is 3.85. The van der Waals surface area contributed by atoms with Gasteiger partial charge < -0.3 is 4.74 Å². The molecule has 0 aromatic carbocycles. The van der Waals surface area contributed by atoms with E-state index in [1.54, 1.807) is 7.05 Å². The molecule has 1 aromatic heterocycles. The van der Waals surface area contributed by atoms with Crippen LogP contribution >= 0.6 is 0 Å². The Kier molecular flexibility index (Phi) is 1.44. The summed E-state index contributed by atoms with van der Waals surface area (Å²) >= 11 is 0. The second-order valence-corrected chi connectivity index (χ2v) is 3.28. The first-order valence-electron chi connectivity index (χ1n) is 3.85. The zero-order valence-corrected chi connectivity index (χ0v) is 7.35. The molecule has 6 nitrogen and oxygen atoms in total. The van der Waals surface area contributed by atoms with Gasteiger partial charge in [0.15, 0.2) is 0 Å². The van der Waals surface area contributed by atoms with Crippen LogP contribution in [0, 0.1) is 10.1 Å². The number of rotatable bonds is 2. The maximum absolute atomic E-state index is 10.6. The summed E-state index contributed by atoms with van der Waals surface area (Å²) in [5, 5.41) is 14.4. The third-order valence-corrected chi connectivity index (χ3v) is 2.19. The zero-order chi connectivity index (χ0) is 9.64. The van der Waals surface area contributed by atoms with Crippen molar-refractivity contribution in [2.45, 2.75) is 12.5 Å². The highest BCUT2D eigenvalue weighted by Gasteiger charge is 2.48. The first kappa shape index (κ1) is 8.18. The lowest BCUT2D eigenvalue weighted by atomic mass is 10.1. The molecule has 0 spiro atoms. The van der Waals surface area contributed by atoms with Gasteiger partial charge in [-0.1, -0.05) is 0 Å². The van der Waals surface area contributed by atoms with Gasteiger partial charge in [0.1, 0.15) is 17.5 Å². The van der Waals surface area contributed by atoms with Gasteiger partial charge in [-0.05, 0) is 6.92 Å². The average molecular weight is 183 g/mol. The first-order chi connectivity index (χ1) is 6.04. The Morgan fingerprint density at radius 2 is 2.46 bits per heavy atom. The molecule has 1 aliphatic rings. The van der Waals surface area contributed by atoms with E-state index in [9.17, 15) is 10.1 Å². The van der Waals surface area contributed by atoms with Crippen molar-refractivity contribution in [3.05, 3.63) is 22.0 Å². The highest BCUT2D eigenvalue weighted by Crippen LogP contribution is 2.41. The third-order valence-electron chi connectivity index (χ3n) is 2.19. The van der Waals surface area contributed by atoms with Gasteiger partial charge in [-0.2, -0.15) is 5.10 Å². The number of nitrogens with zero attached hydrogens (tertiary/aromatic N) is 3. The monoisotopic (exact) mass is 183 g/mol. The van der Waals surface area contributed by atoms with Crippen LogP contribution in [-0.2, 0) is 17.4 Å². The molecule has 1 unspecified atom stereocenters. The standard InChI is InChI=1S/C7H9N3O3/c1-7(4-13-7)6-5(10(11)12)3-8-9(6)2/h3H,4H2,1-2H3. The molecule has 1 aliphatic heterocycles. The maximum atomic E-state index is 10.6. The molecule has 1 saturated heterocycles. The smallest absolute Gasteiger partial charge is 0.313 e. The Morgan fingerprint density at radius 3 is 2.92 bits per heavy atom. The van der Waals surface area contributed by atoms with Crippen molar-refractivity contribution in [3.63, 3.8) is 0 Å². The summed E-state index contributed by atoms with van der Waals surface area (Å²) in [6, 6.07) is 0. The van der Waals surface area contributed by atoms with Gasteiger partial charge in [-0.25, -0.2) is 0 Å². The highest BCUT2D eigenvalue weighted by atomic mass is 16.6. The summed E-state index contributed by atoms with van der Waals surface area (Å²) in [6.07, 6.45) is 1.25. The Hall–Kier alpha value is -1.43. The predicted molar refractivity (Wildman–Crippen MR) is 43.2 cm³/mol. The number of ether oxygens (including phenoxy) is 1. The van der Waals surface area contributed by atoms with Crippen LogP contribution in [0.5, 0.6) is 0 Å². The summed E-state index contributed by atoms with van der Waals surface area (Å²) in [6.45, 7) is 2.34. The van der Waals surface area contributed by atoms with E-state index in [-0.39, 0.29) is 5.69 Å². The second kappa shape index (κ2) is 2.29. The number of hydrogen-bond donors (Lipinski definition) is 0. The molecule has 13 heavy (non-hydrogen) atoms. The Bertz CT molecular complexity index is 367. The number of hydrogen-bond acceptors (Lipinski definition) is 4. The molecular formula is C7H9N3O3. The quantitative estimate of drug-likeness (QED) is 0.381. The van der Waals surface area contributed by atoms with Gasteiger partial charge in [0, 0.05) is 7.05 Å².